The first-order valence-corrected chi connectivity index (χ1v) is 14.5. The number of amides is 1. The maximum Gasteiger partial charge on any atom is 0.230 e. The summed E-state index contributed by atoms with van der Waals surface area (Å²) in [5.41, 5.74) is 3.32. The molecule has 1 saturated heterocycles. The Kier molecular flexibility index (Phi) is 8.57. The predicted molar refractivity (Wildman–Crippen MR) is 149 cm³/mol. The van der Waals surface area contributed by atoms with Crippen LogP contribution in [0.15, 0.2) is 36.8 Å². The number of aromatic nitrogens is 2. The third kappa shape index (κ3) is 6.28. The van der Waals surface area contributed by atoms with Crippen LogP contribution in [0.25, 0.3) is 0 Å². The molecule has 2 saturated carbocycles. The molecule has 2 aliphatic carbocycles. The zero-order chi connectivity index (χ0) is 24.7. The van der Waals surface area contributed by atoms with Crippen molar-refractivity contribution in [2.24, 2.45) is 5.92 Å². The number of carbonyl (C=O) groups is 1. The second-order valence-electron chi connectivity index (χ2n) is 11.0. The number of hydrogen-bond donors (Lipinski definition) is 2. The molecular weight excluding hydrogens is 466 g/mol. The van der Waals surface area contributed by atoms with Crippen LogP contribution in [0.3, 0.4) is 0 Å². The van der Waals surface area contributed by atoms with Crippen molar-refractivity contribution in [1.29, 1.82) is 0 Å². The van der Waals surface area contributed by atoms with Gasteiger partial charge in [0, 0.05) is 36.9 Å². The number of rotatable bonds is 6. The number of thiocarbonyl (C=S) groups is 1. The fraction of sp³-hybridized carbons (Fsp3) is 0.621. The van der Waals surface area contributed by atoms with E-state index in [0.717, 1.165) is 68.1 Å². The number of anilines is 1. The van der Waals surface area contributed by atoms with Crippen LogP contribution in [0.1, 0.15) is 94.2 Å². The topological polar surface area (TPSA) is 64.3 Å². The quantitative estimate of drug-likeness (QED) is 0.476. The molecule has 2 heterocycles. The number of imidazole rings is 1. The van der Waals surface area contributed by atoms with E-state index in [1.165, 1.54) is 44.1 Å². The molecular formula is C29H41N5OS. The summed E-state index contributed by atoms with van der Waals surface area (Å²) in [5, 5.41) is 4.58. The Morgan fingerprint density at radius 2 is 1.64 bits per heavy atom. The lowest BCUT2D eigenvalue weighted by atomic mass is 9.87. The van der Waals surface area contributed by atoms with Gasteiger partial charge in [-0.1, -0.05) is 50.7 Å². The molecule has 0 bridgehead atoms. The molecule has 7 heteroatoms. The van der Waals surface area contributed by atoms with E-state index in [2.05, 4.69) is 44.5 Å². The van der Waals surface area contributed by atoms with E-state index in [4.69, 9.17) is 12.2 Å². The smallest absolute Gasteiger partial charge is 0.230 e. The SMILES string of the molecule is O=C(C1CCCCC1)N(Cc1cnc[nH]1)c1ccc(C2CCN(C(=S)NC3CCCCC3)CC2)cc1. The Hall–Kier alpha value is -2.41. The number of nitrogens with one attached hydrogen (secondary N) is 2. The fourth-order valence-corrected chi connectivity index (χ4v) is 6.61. The van der Waals surface area contributed by atoms with Gasteiger partial charge in [0.15, 0.2) is 5.11 Å². The Morgan fingerprint density at radius 3 is 2.28 bits per heavy atom. The number of nitrogens with zero attached hydrogens (tertiary/aromatic N) is 3. The first-order chi connectivity index (χ1) is 17.7. The molecule has 0 spiro atoms. The van der Waals surface area contributed by atoms with Crippen LogP contribution in [0.4, 0.5) is 5.69 Å². The van der Waals surface area contributed by atoms with E-state index in [-0.39, 0.29) is 11.8 Å². The highest BCUT2D eigenvalue weighted by molar-refractivity contribution is 7.80. The number of aromatic amines is 1. The molecule has 6 nitrogen and oxygen atoms in total. The highest BCUT2D eigenvalue weighted by atomic mass is 32.1. The molecule has 3 fully saturated rings. The maximum atomic E-state index is 13.5. The van der Waals surface area contributed by atoms with Crippen LogP contribution in [0, 0.1) is 5.92 Å². The summed E-state index contributed by atoms with van der Waals surface area (Å²) < 4.78 is 0. The normalized spacial score (nSPS) is 20.3. The van der Waals surface area contributed by atoms with E-state index in [1.807, 2.05) is 11.1 Å². The summed E-state index contributed by atoms with van der Waals surface area (Å²) in [6.07, 6.45) is 17.8. The molecule has 0 unspecified atom stereocenters. The molecule has 1 aliphatic heterocycles. The number of likely N-dealkylation sites (tertiary alicyclic amines) is 1. The van der Waals surface area contributed by atoms with Gasteiger partial charge in [0.25, 0.3) is 0 Å². The maximum absolute atomic E-state index is 13.5. The van der Waals surface area contributed by atoms with Crippen LogP contribution >= 0.6 is 12.2 Å². The number of benzene rings is 1. The van der Waals surface area contributed by atoms with Gasteiger partial charge in [-0.2, -0.15) is 0 Å². The monoisotopic (exact) mass is 507 g/mol. The van der Waals surface area contributed by atoms with Gasteiger partial charge in [0.1, 0.15) is 0 Å². The molecule has 3 aliphatic rings. The van der Waals surface area contributed by atoms with E-state index < -0.39 is 0 Å². The average Bonchev–Trinajstić information content (AvgIpc) is 3.46. The Labute approximate surface area is 221 Å². The van der Waals surface area contributed by atoms with E-state index >= 15 is 0 Å². The largest absolute Gasteiger partial charge is 0.360 e. The molecule has 0 radical (unpaired) electrons. The van der Waals surface area contributed by atoms with Crippen molar-refractivity contribution in [3.63, 3.8) is 0 Å². The van der Waals surface area contributed by atoms with Crippen molar-refractivity contribution in [3.8, 4) is 0 Å². The lowest BCUT2D eigenvalue weighted by molar-refractivity contribution is -0.123. The fourth-order valence-electron chi connectivity index (χ4n) is 6.26. The van der Waals surface area contributed by atoms with Crippen molar-refractivity contribution in [3.05, 3.63) is 48.0 Å². The van der Waals surface area contributed by atoms with Gasteiger partial charge < -0.3 is 20.1 Å². The second-order valence-corrected chi connectivity index (χ2v) is 11.4. The number of hydrogen-bond acceptors (Lipinski definition) is 3. The highest BCUT2D eigenvalue weighted by Gasteiger charge is 2.28. The van der Waals surface area contributed by atoms with Crippen molar-refractivity contribution in [1.82, 2.24) is 20.2 Å². The molecule has 1 aromatic carbocycles. The molecule has 2 N–H and O–H groups in total. The van der Waals surface area contributed by atoms with Crippen molar-refractivity contribution < 1.29 is 4.79 Å². The Bertz CT molecular complexity index is 972. The number of carbonyl (C=O) groups excluding carboxylic acids is 1. The third-order valence-corrected chi connectivity index (χ3v) is 8.87. The minimum atomic E-state index is 0.136. The van der Waals surface area contributed by atoms with Gasteiger partial charge in [-0.3, -0.25) is 4.79 Å². The molecule has 2 aromatic rings. The van der Waals surface area contributed by atoms with Crippen molar-refractivity contribution in [2.45, 2.75) is 95.6 Å². The summed E-state index contributed by atoms with van der Waals surface area (Å²) in [6.45, 7) is 2.56. The molecule has 194 valence electrons. The van der Waals surface area contributed by atoms with Crippen LogP contribution in [0.2, 0.25) is 0 Å². The van der Waals surface area contributed by atoms with Gasteiger partial charge in [-0.25, -0.2) is 4.98 Å². The van der Waals surface area contributed by atoms with E-state index in [9.17, 15) is 4.79 Å². The molecule has 1 aromatic heterocycles. The molecule has 1 amide bonds. The predicted octanol–water partition coefficient (Wildman–Crippen LogP) is 5.91. The van der Waals surface area contributed by atoms with Crippen LogP contribution in [-0.4, -0.2) is 45.0 Å². The van der Waals surface area contributed by atoms with Gasteiger partial charge >= 0.3 is 0 Å². The van der Waals surface area contributed by atoms with Gasteiger partial charge in [0.2, 0.25) is 5.91 Å². The first-order valence-electron chi connectivity index (χ1n) is 14.1. The zero-order valence-corrected chi connectivity index (χ0v) is 22.3. The molecule has 5 rings (SSSR count). The standard InChI is InChI=1S/C29H41N5OS/c35-28(24-7-3-1-4-8-24)34(20-26-19-30-21-31-26)27-13-11-22(12-14-27)23-15-17-33(18-16-23)29(36)32-25-9-5-2-6-10-25/h11-14,19,21,23-25H,1-10,15-18,20H2,(H,30,31)(H,32,36). The Balaban J connectivity index is 1.20. The zero-order valence-electron chi connectivity index (χ0n) is 21.5. The van der Waals surface area contributed by atoms with Gasteiger partial charge in [-0.15, -0.1) is 0 Å². The van der Waals surface area contributed by atoms with Crippen molar-refractivity contribution in [2.75, 3.05) is 18.0 Å². The summed E-state index contributed by atoms with van der Waals surface area (Å²) in [7, 11) is 0. The van der Waals surface area contributed by atoms with Gasteiger partial charge in [0.05, 0.1) is 18.6 Å². The van der Waals surface area contributed by atoms with E-state index in [0.29, 0.717) is 18.5 Å². The minimum absolute atomic E-state index is 0.136. The summed E-state index contributed by atoms with van der Waals surface area (Å²) in [5.74, 6) is 0.934. The average molecular weight is 508 g/mol. The van der Waals surface area contributed by atoms with Crippen LogP contribution in [0.5, 0.6) is 0 Å². The highest BCUT2D eigenvalue weighted by Crippen LogP contribution is 2.32. The van der Waals surface area contributed by atoms with Gasteiger partial charge in [-0.05, 0) is 74.4 Å². The number of piperidine rings is 1. The minimum Gasteiger partial charge on any atom is -0.360 e. The summed E-state index contributed by atoms with van der Waals surface area (Å²) >= 11 is 5.75. The third-order valence-electron chi connectivity index (χ3n) is 8.49. The second kappa shape index (κ2) is 12.2. The lowest BCUT2D eigenvalue weighted by Gasteiger charge is -2.36. The first kappa shape index (κ1) is 25.2. The van der Waals surface area contributed by atoms with Crippen LogP contribution < -0.4 is 10.2 Å². The lowest BCUT2D eigenvalue weighted by Crippen LogP contribution is -2.47. The molecule has 0 atom stereocenters. The van der Waals surface area contributed by atoms with E-state index in [1.54, 1.807) is 6.33 Å². The molecule has 36 heavy (non-hydrogen) atoms. The Morgan fingerprint density at radius 1 is 0.972 bits per heavy atom. The van der Waals surface area contributed by atoms with Crippen molar-refractivity contribution >= 4 is 28.9 Å². The summed E-state index contributed by atoms with van der Waals surface area (Å²) in [6, 6.07) is 9.34. The number of H-pyrrole nitrogens is 1. The van der Waals surface area contributed by atoms with Crippen LogP contribution in [-0.2, 0) is 11.3 Å². The summed E-state index contributed by atoms with van der Waals surface area (Å²) in [4.78, 5) is 25.2.